The third-order valence-electron chi connectivity index (χ3n) is 6.48. The maximum Gasteiger partial charge on any atom is 0.264 e. The average Bonchev–Trinajstić information content (AvgIpc) is 2.96. The van der Waals surface area contributed by atoms with Gasteiger partial charge >= 0.3 is 0 Å². The van der Waals surface area contributed by atoms with Crippen LogP contribution in [0.4, 0.5) is 5.69 Å². The van der Waals surface area contributed by atoms with Gasteiger partial charge in [-0.05, 0) is 69.2 Å². The zero-order valence-corrected chi connectivity index (χ0v) is 25.6. The van der Waals surface area contributed by atoms with Gasteiger partial charge in [-0.1, -0.05) is 65.3 Å². The Bertz CT molecular complexity index is 1380. The molecule has 40 heavy (non-hydrogen) atoms. The molecule has 8 nitrogen and oxygen atoms in total. The molecule has 0 heterocycles. The van der Waals surface area contributed by atoms with Gasteiger partial charge in [0, 0.05) is 17.1 Å². The van der Waals surface area contributed by atoms with Gasteiger partial charge in [0.1, 0.15) is 18.3 Å². The lowest BCUT2D eigenvalue weighted by Gasteiger charge is -2.33. The Morgan fingerprint density at radius 2 is 1.55 bits per heavy atom. The van der Waals surface area contributed by atoms with Crippen molar-refractivity contribution in [3.8, 4) is 5.75 Å². The van der Waals surface area contributed by atoms with E-state index in [1.54, 1.807) is 56.3 Å². The van der Waals surface area contributed by atoms with Crippen LogP contribution in [0.2, 0.25) is 0 Å². The maximum atomic E-state index is 14.0. The number of anilines is 1. The first-order valence-corrected chi connectivity index (χ1v) is 15.5. The Labute approximate surface area is 245 Å². The van der Waals surface area contributed by atoms with Crippen LogP contribution in [0, 0.1) is 0 Å². The normalized spacial score (nSPS) is 12.7. The van der Waals surface area contributed by atoms with Crippen LogP contribution in [0.1, 0.15) is 39.7 Å². The molecule has 2 amide bonds. The average molecular weight is 631 g/mol. The Morgan fingerprint density at radius 3 is 2.17 bits per heavy atom. The number of sulfonamides is 1. The molecule has 0 aliphatic carbocycles. The lowest BCUT2D eigenvalue weighted by molar-refractivity contribution is -0.139. The molecule has 3 aromatic carbocycles. The number of hydrogen-bond acceptors (Lipinski definition) is 5. The van der Waals surface area contributed by atoms with Gasteiger partial charge in [0.2, 0.25) is 11.8 Å². The second-order valence-corrected chi connectivity index (χ2v) is 12.1. The summed E-state index contributed by atoms with van der Waals surface area (Å²) in [6.07, 6.45) is 0.733. The van der Waals surface area contributed by atoms with E-state index in [-0.39, 0.29) is 29.1 Å². The molecule has 3 rings (SSSR count). The van der Waals surface area contributed by atoms with Crippen LogP contribution in [-0.4, -0.2) is 50.4 Å². The minimum atomic E-state index is -4.17. The third-order valence-corrected chi connectivity index (χ3v) is 8.78. The minimum absolute atomic E-state index is 0.0381. The van der Waals surface area contributed by atoms with E-state index in [1.165, 1.54) is 17.0 Å². The summed E-state index contributed by atoms with van der Waals surface area (Å²) >= 11 is 3.42. The van der Waals surface area contributed by atoms with Crippen molar-refractivity contribution in [1.29, 1.82) is 0 Å². The monoisotopic (exact) mass is 629 g/mol. The number of nitrogens with zero attached hydrogens (tertiary/aromatic N) is 2. The molecule has 0 spiro atoms. The molecule has 0 saturated carbocycles. The number of hydrogen-bond donors (Lipinski definition) is 1. The van der Waals surface area contributed by atoms with Crippen molar-refractivity contribution in [2.75, 3.05) is 17.5 Å². The summed E-state index contributed by atoms with van der Waals surface area (Å²) in [6, 6.07) is 21.1. The summed E-state index contributed by atoms with van der Waals surface area (Å²) in [5.74, 6) is -0.508. The molecule has 0 fully saturated rings. The minimum Gasteiger partial charge on any atom is -0.492 e. The predicted molar refractivity (Wildman–Crippen MR) is 161 cm³/mol. The molecule has 10 heteroatoms. The van der Waals surface area contributed by atoms with Crippen molar-refractivity contribution in [3.63, 3.8) is 0 Å². The molecule has 0 radical (unpaired) electrons. The largest absolute Gasteiger partial charge is 0.492 e. The molecule has 1 N–H and O–H groups in total. The van der Waals surface area contributed by atoms with Gasteiger partial charge in [0.05, 0.1) is 17.2 Å². The number of carbonyl (C=O) groups excluding carboxylic acids is 2. The highest BCUT2D eigenvalue weighted by molar-refractivity contribution is 9.10. The van der Waals surface area contributed by atoms with Gasteiger partial charge in [-0.25, -0.2) is 8.42 Å². The smallest absolute Gasteiger partial charge is 0.264 e. The number of amides is 2. The highest BCUT2D eigenvalue weighted by Gasteiger charge is 2.34. The van der Waals surface area contributed by atoms with Crippen molar-refractivity contribution in [2.24, 2.45) is 0 Å². The van der Waals surface area contributed by atoms with Crippen LogP contribution in [0.25, 0.3) is 0 Å². The Hall–Kier alpha value is -3.37. The highest BCUT2D eigenvalue weighted by atomic mass is 79.9. The number of carbonyl (C=O) groups is 2. The fourth-order valence-corrected chi connectivity index (χ4v) is 5.72. The van der Waals surface area contributed by atoms with Crippen molar-refractivity contribution in [1.82, 2.24) is 10.2 Å². The van der Waals surface area contributed by atoms with Crippen molar-refractivity contribution < 1.29 is 22.7 Å². The first kappa shape index (κ1) is 31.2. The van der Waals surface area contributed by atoms with Crippen molar-refractivity contribution in [2.45, 2.75) is 57.6 Å². The van der Waals surface area contributed by atoms with E-state index in [9.17, 15) is 18.0 Å². The molecule has 2 atom stereocenters. The quantitative estimate of drug-likeness (QED) is 0.274. The van der Waals surface area contributed by atoms with Crippen LogP contribution in [0.3, 0.4) is 0 Å². The molecular weight excluding hydrogens is 594 g/mol. The lowest BCUT2D eigenvalue weighted by Crippen LogP contribution is -2.52. The fourth-order valence-electron chi connectivity index (χ4n) is 4.01. The van der Waals surface area contributed by atoms with Gasteiger partial charge in [-0.15, -0.1) is 0 Å². The number of para-hydroxylation sites is 2. The zero-order chi connectivity index (χ0) is 29.3. The van der Waals surface area contributed by atoms with E-state index in [1.807, 2.05) is 38.1 Å². The fraction of sp³-hybridized carbons (Fsp3) is 0.333. The highest BCUT2D eigenvalue weighted by Crippen LogP contribution is 2.33. The summed E-state index contributed by atoms with van der Waals surface area (Å²) in [5.41, 5.74) is 1.04. The van der Waals surface area contributed by atoms with Crippen LogP contribution < -0.4 is 14.4 Å². The summed E-state index contributed by atoms with van der Waals surface area (Å²) in [6.45, 7) is 7.21. The topological polar surface area (TPSA) is 96.0 Å². The van der Waals surface area contributed by atoms with Crippen molar-refractivity contribution in [3.05, 3.63) is 88.9 Å². The first-order chi connectivity index (χ1) is 19.1. The lowest BCUT2D eigenvalue weighted by atomic mass is 10.1. The molecule has 0 saturated heterocycles. The molecule has 0 aliphatic rings. The molecule has 0 bridgehead atoms. The third kappa shape index (κ3) is 7.85. The maximum absolute atomic E-state index is 14.0. The SMILES string of the molecule is CCOc1ccccc1N(CC(=O)N(Cc1ccc(Br)cc1)[C@@H](C)C(=O)N[C@@H](C)CC)S(=O)(=O)c1ccccc1. The summed E-state index contributed by atoms with van der Waals surface area (Å²) in [5, 5.41) is 2.93. The van der Waals surface area contributed by atoms with Crippen LogP contribution in [-0.2, 0) is 26.2 Å². The van der Waals surface area contributed by atoms with E-state index in [0.717, 1.165) is 20.8 Å². The number of benzene rings is 3. The van der Waals surface area contributed by atoms with Crippen molar-refractivity contribution >= 4 is 43.5 Å². The molecule has 0 aromatic heterocycles. The van der Waals surface area contributed by atoms with E-state index in [0.29, 0.717) is 12.4 Å². The number of ether oxygens (including phenoxy) is 1. The standard InChI is InChI=1S/C30H36BrN3O5S/c1-5-22(3)32-30(36)23(4)33(20-24-16-18-25(31)19-17-24)29(35)21-34(27-14-10-11-15-28(27)39-6-2)40(37,38)26-12-8-7-9-13-26/h7-19,22-23H,5-6,20-21H2,1-4H3,(H,32,36)/t22-,23-/m0/s1. The second kappa shape index (κ2) is 14.3. The van der Waals surface area contributed by atoms with E-state index < -0.39 is 28.5 Å². The first-order valence-electron chi connectivity index (χ1n) is 13.2. The number of nitrogens with one attached hydrogen (secondary N) is 1. The number of rotatable bonds is 13. The van der Waals surface area contributed by atoms with Gasteiger partial charge in [-0.3, -0.25) is 13.9 Å². The molecule has 0 unspecified atom stereocenters. The summed E-state index contributed by atoms with van der Waals surface area (Å²) < 4.78 is 35.6. The van der Waals surface area contributed by atoms with Gasteiger partial charge in [0.15, 0.2) is 0 Å². The summed E-state index contributed by atoms with van der Waals surface area (Å²) in [4.78, 5) is 28.6. The second-order valence-electron chi connectivity index (χ2n) is 9.37. The van der Waals surface area contributed by atoms with Crippen LogP contribution in [0.5, 0.6) is 5.75 Å². The summed E-state index contributed by atoms with van der Waals surface area (Å²) in [7, 11) is -4.17. The predicted octanol–water partition coefficient (Wildman–Crippen LogP) is 5.38. The van der Waals surface area contributed by atoms with E-state index in [2.05, 4.69) is 21.2 Å². The Kier molecular flexibility index (Phi) is 11.2. The molecular formula is C30H36BrN3O5S. The number of halogens is 1. The van der Waals surface area contributed by atoms with Gasteiger partial charge in [0.25, 0.3) is 10.0 Å². The zero-order valence-electron chi connectivity index (χ0n) is 23.2. The van der Waals surface area contributed by atoms with Crippen LogP contribution >= 0.6 is 15.9 Å². The van der Waals surface area contributed by atoms with E-state index >= 15 is 0 Å². The van der Waals surface area contributed by atoms with Gasteiger partial charge < -0.3 is 15.0 Å². The molecule has 0 aliphatic heterocycles. The van der Waals surface area contributed by atoms with E-state index in [4.69, 9.17) is 4.74 Å². The van der Waals surface area contributed by atoms with Crippen LogP contribution in [0.15, 0.2) is 88.2 Å². The van der Waals surface area contributed by atoms with Gasteiger partial charge in [-0.2, -0.15) is 0 Å². The molecule has 214 valence electrons. The Balaban J connectivity index is 2.06. The Morgan fingerprint density at radius 1 is 0.925 bits per heavy atom. The molecule has 3 aromatic rings.